The minimum Gasteiger partial charge on any atom is -0.493 e. The average molecular weight is 342 g/mol. The Morgan fingerprint density at radius 2 is 1.83 bits per heavy atom. The summed E-state index contributed by atoms with van der Waals surface area (Å²) in [7, 11) is 3.36. The Balaban J connectivity index is 1.85. The largest absolute Gasteiger partial charge is 0.493 e. The Hall–Kier alpha value is -2.13. The molecule has 0 amide bonds. The van der Waals surface area contributed by atoms with E-state index in [0.29, 0.717) is 11.8 Å². The topological polar surface area (TPSA) is 30.5 Å². The van der Waals surface area contributed by atoms with Gasteiger partial charge in [-0.2, -0.15) is 0 Å². The molecule has 2 aromatic carbocycles. The molecule has 0 aromatic heterocycles. The van der Waals surface area contributed by atoms with E-state index in [1.54, 1.807) is 14.2 Å². The highest BCUT2D eigenvalue weighted by molar-refractivity contribution is 6.33. The van der Waals surface area contributed by atoms with Crippen molar-refractivity contribution in [3.05, 3.63) is 64.7 Å². The van der Waals surface area contributed by atoms with Crippen LogP contribution in [0.25, 0.3) is 0 Å². The molecular formula is C20H20ClNO2. The van der Waals surface area contributed by atoms with E-state index in [4.69, 9.17) is 21.1 Å². The van der Waals surface area contributed by atoms with Crippen molar-refractivity contribution in [1.82, 2.24) is 0 Å². The third-order valence-corrected chi connectivity index (χ3v) is 5.43. The molecule has 24 heavy (non-hydrogen) atoms. The van der Waals surface area contributed by atoms with Crippen molar-refractivity contribution in [3.8, 4) is 11.5 Å². The monoisotopic (exact) mass is 341 g/mol. The van der Waals surface area contributed by atoms with E-state index >= 15 is 0 Å². The number of benzene rings is 2. The normalized spacial score (nSPS) is 24.0. The number of methoxy groups -OCH3 is 2. The Labute approximate surface area is 147 Å². The van der Waals surface area contributed by atoms with Crippen LogP contribution >= 0.6 is 11.6 Å². The first-order chi connectivity index (χ1) is 11.7. The number of allylic oxidation sites excluding steroid dienone is 2. The zero-order chi connectivity index (χ0) is 16.7. The smallest absolute Gasteiger partial charge is 0.165 e. The molecular weight excluding hydrogens is 322 g/mol. The maximum absolute atomic E-state index is 6.48. The summed E-state index contributed by atoms with van der Waals surface area (Å²) in [5.74, 6) is 2.36. The molecule has 0 radical (unpaired) electrons. The predicted molar refractivity (Wildman–Crippen MR) is 97.3 cm³/mol. The Morgan fingerprint density at radius 1 is 1.04 bits per heavy atom. The predicted octanol–water partition coefficient (Wildman–Crippen LogP) is 5.18. The summed E-state index contributed by atoms with van der Waals surface area (Å²) in [6, 6.07) is 12.3. The second-order valence-electron chi connectivity index (χ2n) is 6.26. The first-order valence-corrected chi connectivity index (χ1v) is 8.55. The maximum atomic E-state index is 6.48. The molecule has 2 aliphatic rings. The van der Waals surface area contributed by atoms with Crippen LogP contribution in [0.5, 0.6) is 11.5 Å². The summed E-state index contributed by atoms with van der Waals surface area (Å²) in [6.45, 7) is 0. The Bertz CT molecular complexity index is 802. The first kappa shape index (κ1) is 15.4. The first-order valence-electron chi connectivity index (χ1n) is 8.17. The molecule has 1 N–H and O–H groups in total. The van der Waals surface area contributed by atoms with Crippen LogP contribution in [0.2, 0.25) is 5.02 Å². The SMILES string of the molecule is COc1cccc([C@@H]2Nc3c(Cl)cccc3[C@@H]3C=CC[C@H]32)c1OC. The van der Waals surface area contributed by atoms with Crippen molar-refractivity contribution in [1.29, 1.82) is 0 Å². The lowest BCUT2D eigenvalue weighted by Gasteiger charge is -2.38. The molecule has 4 rings (SSSR count). The molecule has 124 valence electrons. The summed E-state index contributed by atoms with van der Waals surface area (Å²) < 4.78 is 11.1. The van der Waals surface area contributed by atoms with E-state index in [0.717, 1.165) is 34.2 Å². The second-order valence-corrected chi connectivity index (χ2v) is 6.67. The summed E-state index contributed by atoms with van der Waals surface area (Å²) in [4.78, 5) is 0. The van der Waals surface area contributed by atoms with Crippen molar-refractivity contribution >= 4 is 17.3 Å². The molecule has 0 spiro atoms. The fraction of sp³-hybridized carbons (Fsp3) is 0.300. The van der Waals surface area contributed by atoms with Gasteiger partial charge in [-0.25, -0.2) is 0 Å². The third-order valence-electron chi connectivity index (χ3n) is 5.11. The van der Waals surface area contributed by atoms with Crippen LogP contribution in [0.4, 0.5) is 5.69 Å². The highest BCUT2D eigenvalue weighted by Crippen LogP contribution is 2.53. The molecule has 2 aromatic rings. The minimum atomic E-state index is 0.127. The van der Waals surface area contributed by atoms with Crippen LogP contribution in [0, 0.1) is 5.92 Å². The van der Waals surface area contributed by atoms with Crippen molar-refractivity contribution < 1.29 is 9.47 Å². The number of anilines is 1. The van der Waals surface area contributed by atoms with Crippen LogP contribution in [0.15, 0.2) is 48.6 Å². The summed E-state index contributed by atoms with van der Waals surface area (Å²) in [6.07, 6.45) is 5.61. The van der Waals surface area contributed by atoms with E-state index in [9.17, 15) is 0 Å². The molecule has 1 aliphatic carbocycles. The van der Waals surface area contributed by atoms with Crippen LogP contribution in [-0.4, -0.2) is 14.2 Å². The zero-order valence-corrected chi connectivity index (χ0v) is 14.5. The van der Waals surface area contributed by atoms with E-state index in [2.05, 4.69) is 29.6 Å². The van der Waals surface area contributed by atoms with Crippen molar-refractivity contribution in [3.63, 3.8) is 0 Å². The van der Waals surface area contributed by atoms with Gasteiger partial charge in [-0.05, 0) is 30.0 Å². The number of hydrogen-bond donors (Lipinski definition) is 1. The summed E-state index contributed by atoms with van der Waals surface area (Å²) in [5.41, 5.74) is 3.42. The number of hydrogen-bond acceptors (Lipinski definition) is 3. The van der Waals surface area contributed by atoms with Gasteiger partial charge in [0.2, 0.25) is 0 Å². The van der Waals surface area contributed by atoms with Gasteiger partial charge >= 0.3 is 0 Å². The van der Waals surface area contributed by atoms with Gasteiger partial charge in [0.05, 0.1) is 31.0 Å². The second kappa shape index (κ2) is 6.06. The fourth-order valence-electron chi connectivity index (χ4n) is 4.05. The van der Waals surface area contributed by atoms with Crippen molar-refractivity contribution in [2.45, 2.75) is 18.4 Å². The fourth-order valence-corrected chi connectivity index (χ4v) is 4.28. The van der Waals surface area contributed by atoms with Gasteiger partial charge in [0.25, 0.3) is 0 Å². The number of para-hydroxylation sites is 2. The van der Waals surface area contributed by atoms with E-state index in [1.807, 2.05) is 24.3 Å². The molecule has 0 unspecified atom stereocenters. The van der Waals surface area contributed by atoms with Crippen LogP contribution in [0.1, 0.15) is 29.5 Å². The highest BCUT2D eigenvalue weighted by Gasteiger charge is 2.39. The Morgan fingerprint density at radius 3 is 2.62 bits per heavy atom. The van der Waals surface area contributed by atoms with Gasteiger partial charge < -0.3 is 14.8 Å². The minimum absolute atomic E-state index is 0.127. The van der Waals surface area contributed by atoms with Gasteiger partial charge in [-0.3, -0.25) is 0 Å². The third kappa shape index (κ3) is 2.27. The molecule has 0 saturated heterocycles. The van der Waals surface area contributed by atoms with Crippen LogP contribution in [0.3, 0.4) is 0 Å². The molecule has 1 aliphatic heterocycles. The maximum Gasteiger partial charge on any atom is 0.165 e. The molecule has 3 nitrogen and oxygen atoms in total. The number of rotatable bonds is 3. The van der Waals surface area contributed by atoms with Gasteiger partial charge in [0, 0.05) is 11.5 Å². The van der Waals surface area contributed by atoms with E-state index < -0.39 is 0 Å². The number of fused-ring (bicyclic) bond motifs is 3. The van der Waals surface area contributed by atoms with Crippen LogP contribution in [-0.2, 0) is 0 Å². The highest BCUT2D eigenvalue weighted by atomic mass is 35.5. The molecule has 4 heteroatoms. The number of ether oxygens (including phenoxy) is 2. The summed E-state index contributed by atoms with van der Waals surface area (Å²) >= 11 is 6.48. The van der Waals surface area contributed by atoms with Gasteiger partial charge in [0.1, 0.15) is 0 Å². The van der Waals surface area contributed by atoms with E-state index in [-0.39, 0.29) is 6.04 Å². The lowest BCUT2D eigenvalue weighted by Crippen LogP contribution is -2.29. The van der Waals surface area contributed by atoms with Gasteiger partial charge in [-0.15, -0.1) is 0 Å². The Kier molecular flexibility index (Phi) is 3.89. The standard InChI is InChI=1S/C20H20ClNO2/c1-23-17-11-5-9-15(20(17)24-2)18-13-7-3-6-12(13)14-8-4-10-16(21)19(14)22-18/h3-6,8-13,18,22H,7H2,1-2H3/t12-,13-,18-/m1/s1. The molecule has 0 saturated carbocycles. The molecule has 3 atom stereocenters. The van der Waals surface area contributed by atoms with Crippen LogP contribution < -0.4 is 14.8 Å². The summed E-state index contributed by atoms with van der Waals surface area (Å²) in [5, 5.41) is 4.43. The average Bonchev–Trinajstić information content (AvgIpc) is 3.10. The number of halogens is 1. The van der Waals surface area contributed by atoms with Crippen molar-refractivity contribution in [2.24, 2.45) is 5.92 Å². The van der Waals surface area contributed by atoms with Gasteiger partial charge in [-0.1, -0.05) is 48.0 Å². The van der Waals surface area contributed by atoms with E-state index in [1.165, 1.54) is 5.56 Å². The number of nitrogens with one attached hydrogen (secondary N) is 1. The molecule has 0 fully saturated rings. The molecule has 1 heterocycles. The van der Waals surface area contributed by atoms with Gasteiger partial charge in [0.15, 0.2) is 11.5 Å². The lowest BCUT2D eigenvalue weighted by atomic mass is 9.77. The van der Waals surface area contributed by atoms with Crippen molar-refractivity contribution in [2.75, 3.05) is 19.5 Å². The lowest BCUT2D eigenvalue weighted by molar-refractivity contribution is 0.341. The molecule has 0 bridgehead atoms. The zero-order valence-electron chi connectivity index (χ0n) is 13.8. The quantitative estimate of drug-likeness (QED) is 0.780.